The van der Waals surface area contributed by atoms with E-state index in [1.807, 2.05) is 12.5 Å². The second-order valence-electron chi connectivity index (χ2n) is 4.05. The summed E-state index contributed by atoms with van der Waals surface area (Å²) in [5.41, 5.74) is 0. The summed E-state index contributed by atoms with van der Waals surface area (Å²) < 4.78 is 14.0. The van der Waals surface area contributed by atoms with Crippen LogP contribution in [0.25, 0.3) is 0 Å². The van der Waals surface area contributed by atoms with Crippen molar-refractivity contribution in [1.82, 2.24) is 29.8 Å². The molecule has 0 aliphatic rings. The average Bonchev–Trinajstić information content (AvgIpc) is 3.12. The Kier molecular flexibility index (Phi) is 5.96. The van der Waals surface area contributed by atoms with E-state index in [4.69, 9.17) is 9.47 Å². The molecule has 0 aliphatic heterocycles. The summed E-state index contributed by atoms with van der Waals surface area (Å²) in [4.78, 5) is 4.01. The molecule has 0 fully saturated rings. The standard InChI is InChI=1S/C11H18N6O2S/c1-18-10(19-2)8-17-11(13-14-15-17)20-7-3-5-16-6-4-12-9-16/h4,6,9-10H,3,5,7-8H2,1-2H3. The zero-order chi connectivity index (χ0) is 14.2. The minimum Gasteiger partial charge on any atom is -0.354 e. The van der Waals surface area contributed by atoms with Gasteiger partial charge < -0.3 is 14.0 Å². The van der Waals surface area contributed by atoms with Crippen molar-refractivity contribution < 1.29 is 9.47 Å². The number of hydrogen-bond donors (Lipinski definition) is 0. The topological polar surface area (TPSA) is 79.9 Å². The van der Waals surface area contributed by atoms with Crippen LogP contribution in [0.5, 0.6) is 0 Å². The van der Waals surface area contributed by atoms with Crippen LogP contribution in [0.3, 0.4) is 0 Å². The number of methoxy groups -OCH3 is 2. The fraction of sp³-hybridized carbons (Fsp3) is 0.636. The lowest BCUT2D eigenvalue weighted by atomic mass is 10.5. The minimum absolute atomic E-state index is 0.344. The third-order valence-electron chi connectivity index (χ3n) is 2.70. The van der Waals surface area contributed by atoms with Crippen molar-refractivity contribution in [2.75, 3.05) is 20.0 Å². The molecule has 8 nitrogen and oxygen atoms in total. The molecule has 0 saturated carbocycles. The maximum atomic E-state index is 5.14. The fourth-order valence-electron chi connectivity index (χ4n) is 1.63. The molecule has 0 atom stereocenters. The highest BCUT2D eigenvalue weighted by Crippen LogP contribution is 2.15. The van der Waals surface area contributed by atoms with E-state index in [9.17, 15) is 0 Å². The predicted molar refractivity (Wildman–Crippen MR) is 73.2 cm³/mol. The maximum Gasteiger partial charge on any atom is 0.209 e. The first-order valence-corrected chi connectivity index (χ1v) is 7.22. The first kappa shape index (κ1) is 14.9. The number of hydrogen-bond acceptors (Lipinski definition) is 7. The highest BCUT2D eigenvalue weighted by Gasteiger charge is 2.12. The van der Waals surface area contributed by atoms with Crippen LogP contribution in [0, 0.1) is 0 Å². The molecule has 2 heterocycles. The Bertz CT molecular complexity index is 485. The Balaban J connectivity index is 1.76. The van der Waals surface area contributed by atoms with Crippen LogP contribution in [0.4, 0.5) is 0 Å². The summed E-state index contributed by atoms with van der Waals surface area (Å²) in [7, 11) is 3.19. The average molecular weight is 298 g/mol. The van der Waals surface area contributed by atoms with Gasteiger partial charge in [0.15, 0.2) is 6.29 Å². The number of aromatic nitrogens is 6. The zero-order valence-corrected chi connectivity index (χ0v) is 12.4. The van der Waals surface area contributed by atoms with Gasteiger partial charge in [-0.1, -0.05) is 11.8 Å². The maximum absolute atomic E-state index is 5.14. The van der Waals surface area contributed by atoms with E-state index in [0.717, 1.165) is 23.9 Å². The summed E-state index contributed by atoms with van der Waals surface area (Å²) in [6, 6.07) is 0. The second kappa shape index (κ2) is 7.98. The minimum atomic E-state index is -0.344. The SMILES string of the molecule is COC(Cn1nnnc1SCCCn1ccnc1)OC. The van der Waals surface area contributed by atoms with Crippen molar-refractivity contribution in [3.63, 3.8) is 0 Å². The number of tetrazole rings is 1. The van der Waals surface area contributed by atoms with Crippen LogP contribution in [0.15, 0.2) is 23.9 Å². The molecule has 0 aliphatic carbocycles. The van der Waals surface area contributed by atoms with Crippen molar-refractivity contribution in [2.45, 2.75) is 31.0 Å². The van der Waals surface area contributed by atoms with Gasteiger partial charge in [0.25, 0.3) is 0 Å². The Morgan fingerprint density at radius 3 is 2.90 bits per heavy atom. The molecule has 110 valence electrons. The Hall–Kier alpha value is -1.45. The molecule has 0 spiro atoms. The van der Waals surface area contributed by atoms with Crippen molar-refractivity contribution >= 4 is 11.8 Å². The molecule has 0 bridgehead atoms. The van der Waals surface area contributed by atoms with Gasteiger partial charge in [-0.05, 0) is 16.8 Å². The van der Waals surface area contributed by atoms with Gasteiger partial charge in [0.2, 0.25) is 5.16 Å². The quantitative estimate of drug-likeness (QED) is 0.382. The molecular weight excluding hydrogens is 280 g/mol. The van der Waals surface area contributed by atoms with E-state index in [0.29, 0.717) is 6.54 Å². The highest BCUT2D eigenvalue weighted by atomic mass is 32.2. The van der Waals surface area contributed by atoms with Crippen molar-refractivity contribution in [1.29, 1.82) is 0 Å². The fourth-order valence-corrected chi connectivity index (χ4v) is 2.44. The van der Waals surface area contributed by atoms with Crippen molar-refractivity contribution in [3.05, 3.63) is 18.7 Å². The van der Waals surface area contributed by atoms with E-state index < -0.39 is 0 Å². The lowest BCUT2D eigenvalue weighted by Gasteiger charge is -2.13. The molecule has 2 aromatic rings. The molecule has 0 saturated heterocycles. The van der Waals surface area contributed by atoms with Gasteiger partial charge in [0.1, 0.15) is 0 Å². The molecule has 0 aromatic carbocycles. The van der Waals surface area contributed by atoms with Crippen LogP contribution in [-0.2, 0) is 22.6 Å². The predicted octanol–water partition coefficient (Wildman–Crippen LogP) is 0.671. The number of aryl methyl sites for hydroxylation is 1. The van der Waals surface area contributed by atoms with Gasteiger partial charge in [-0.25, -0.2) is 9.67 Å². The summed E-state index contributed by atoms with van der Waals surface area (Å²) >= 11 is 1.62. The molecule has 0 N–H and O–H groups in total. The number of thioether (sulfide) groups is 1. The summed E-state index contributed by atoms with van der Waals surface area (Å²) in [5.74, 6) is 0.934. The number of imidazole rings is 1. The Morgan fingerprint density at radius 2 is 2.20 bits per heavy atom. The monoisotopic (exact) mass is 298 g/mol. The van der Waals surface area contributed by atoms with Gasteiger partial charge in [-0.3, -0.25) is 0 Å². The zero-order valence-electron chi connectivity index (χ0n) is 11.5. The van der Waals surface area contributed by atoms with Crippen molar-refractivity contribution in [3.8, 4) is 0 Å². The van der Waals surface area contributed by atoms with E-state index >= 15 is 0 Å². The molecule has 20 heavy (non-hydrogen) atoms. The lowest BCUT2D eigenvalue weighted by Crippen LogP contribution is -2.22. The molecule has 0 radical (unpaired) electrons. The van der Waals surface area contributed by atoms with Gasteiger partial charge >= 0.3 is 0 Å². The molecule has 0 unspecified atom stereocenters. The summed E-state index contributed by atoms with van der Waals surface area (Å²) in [5, 5.41) is 12.4. The van der Waals surface area contributed by atoms with Crippen LogP contribution in [0.2, 0.25) is 0 Å². The van der Waals surface area contributed by atoms with Crippen LogP contribution in [0.1, 0.15) is 6.42 Å². The van der Waals surface area contributed by atoms with Gasteiger partial charge in [-0.15, -0.1) is 5.10 Å². The number of ether oxygens (including phenoxy) is 2. The van der Waals surface area contributed by atoms with Gasteiger partial charge in [0, 0.05) is 38.9 Å². The first-order chi connectivity index (χ1) is 9.83. The molecule has 0 amide bonds. The smallest absolute Gasteiger partial charge is 0.209 e. The third-order valence-corrected chi connectivity index (χ3v) is 3.74. The number of rotatable bonds is 9. The molecule has 2 rings (SSSR count). The summed E-state index contributed by atoms with van der Waals surface area (Å²) in [6.07, 6.45) is 6.23. The third kappa shape index (κ3) is 4.29. The Morgan fingerprint density at radius 1 is 1.35 bits per heavy atom. The first-order valence-electron chi connectivity index (χ1n) is 6.23. The normalized spacial score (nSPS) is 11.3. The van der Waals surface area contributed by atoms with E-state index in [2.05, 4.69) is 25.1 Å². The molecule has 2 aromatic heterocycles. The second-order valence-corrected chi connectivity index (χ2v) is 5.11. The number of nitrogens with zero attached hydrogens (tertiary/aromatic N) is 6. The van der Waals surface area contributed by atoms with Crippen molar-refractivity contribution in [2.24, 2.45) is 0 Å². The van der Waals surface area contributed by atoms with E-state index in [-0.39, 0.29) is 6.29 Å². The highest BCUT2D eigenvalue weighted by molar-refractivity contribution is 7.99. The molecular formula is C11H18N6O2S. The van der Waals surface area contributed by atoms with Crippen LogP contribution < -0.4 is 0 Å². The largest absolute Gasteiger partial charge is 0.354 e. The van der Waals surface area contributed by atoms with E-state index in [1.54, 1.807) is 36.9 Å². The summed E-state index contributed by atoms with van der Waals surface area (Å²) in [6.45, 7) is 1.41. The van der Waals surface area contributed by atoms with Gasteiger partial charge in [0.05, 0.1) is 12.9 Å². The molecule has 9 heteroatoms. The van der Waals surface area contributed by atoms with Crippen LogP contribution in [-0.4, -0.2) is 56.0 Å². The van der Waals surface area contributed by atoms with Crippen LogP contribution >= 0.6 is 11.8 Å². The van der Waals surface area contributed by atoms with Gasteiger partial charge in [-0.2, -0.15) is 0 Å². The lowest BCUT2D eigenvalue weighted by molar-refractivity contribution is -0.113. The Labute approximate surface area is 121 Å². The van der Waals surface area contributed by atoms with E-state index in [1.165, 1.54) is 0 Å².